The molecule has 1 aromatic rings. The second-order valence-electron chi connectivity index (χ2n) is 5.33. The number of aryl methyl sites for hydroxylation is 1. The van der Waals surface area contributed by atoms with Crippen LogP contribution in [0.1, 0.15) is 38.9 Å². The number of piperidine rings is 1. The lowest BCUT2D eigenvalue weighted by molar-refractivity contribution is -0.000798. The van der Waals surface area contributed by atoms with Gasteiger partial charge in [0.25, 0.3) is 0 Å². The summed E-state index contributed by atoms with van der Waals surface area (Å²) in [5.74, 6) is 1.19. The summed E-state index contributed by atoms with van der Waals surface area (Å²) in [5, 5.41) is 0. The van der Waals surface area contributed by atoms with E-state index < -0.39 is 0 Å². The molecule has 2 rings (SSSR count). The first-order chi connectivity index (χ1) is 9.33. The highest BCUT2D eigenvalue weighted by molar-refractivity contribution is 4.91. The third-order valence-electron chi connectivity index (χ3n) is 3.80. The second kappa shape index (κ2) is 7.65. The molecule has 108 valence electrons. The lowest BCUT2D eigenvalue weighted by Crippen LogP contribution is -2.41. The van der Waals surface area contributed by atoms with Gasteiger partial charge in [-0.3, -0.25) is 4.90 Å². The molecule has 4 nitrogen and oxygen atoms in total. The van der Waals surface area contributed by atoms with Crippen molar-refractivity contribution in [3.63, 3.8) is 0 Å². The number of rotatable bonds is 7. The van der Waals surface area contributed by atoms with Gasteiger partial charge in [-0.1, -0.05) is 13.8 Å². The first kappa shape index (κ1) is 14.5. The average molecular weight is 265 g/mol. The van der Waals surface area contributed by atoms with Gasteiger partial charge in [-0.25, -0.2) is 4.98 Å². The molecule has 0 radical (unpaired) electrons. The van der Waals surface area contributed by atoms with Gasteiger partial charge in [0.1, 0.15) is 5.82 Å². The largest absolute Gasteiger partial charge is 0.377 e. The van der Waals surface area contributed by atoms with E-state index in [0.717, 1.165) is 39.1 Å². The Morgan fingerprint density at radius 3 is 3.05 bits per heavy atom. The maximum Gasteiger partial charge on any atom is 0.108 e. The van der Waals surface area contributed by atoms with E-state index in [1.54, 1.807) is 0 Å². The molecule has 1 aliphatic rings. The molecule has 1 aromatic heterocycles. The van der Waals surface area contributed by atoms with E-state index in [9.17, 15) is 0 Å². The van der Waals surface area contributed by atoms with Crippen molar-refractivity contribution in [2.75, 3.05) is 26.2 Å². The van der Waals surface area contributed by atoms with E-state index >= 15 is 0 Å². The Kier molecular flexibility index (Phi) is 5.86. The number of hydrogen-bond donors (Lipinski definition) is 0. The van der Waals surface area contributed by atoms with Crippen LogP contribution in [0.4, 0.5) is 0 Å². The molecule has 1 aliphatic heterocycles. The summed E-state index contributed by atoms with van der Waals surface area (Å²) in [7, 11) is 0. The van der Waals surface area contributed by atoms with Crippen LogP contribution < -0.4 is 0 Å². The number of nitrogens with zero attached hydrogens (tertiary/aromatic N) is 3. The van der Waals surface area contributed by atoms with Gasteiger partial charge in [0.05, 0.1) is 6.10 Å². The van der Waals surface area contributed by atoms with Crippen molar-refractivity contribution >= 4 is 0 Å². The van der Waals surface area contributed by atoms with Crippen LogP contribution in [0.15, 0.2) is 12.4 Å². The van der Waals surface area contributed by atoms with E-state index in [2.05, 4.69) is 34.5 Å². The molecule has 2 heterocycles. The predicted molar refractivity (Wildman–Crippen MR) is 77.3 cm³/mol. The Morgan fingerprint density at radius 2 is 2.26 bits per heavy atom. The average Bonchev–Trinajstić information content (AvgIpc) is 2.91. The number of aromatic nitrogens is 2. The van der Waals surface area contributed by atoms with Crippen LogP contribution in [0.5, 0.6) is 0 Å². The van der Waals surface area contributed by atoms with Crippen LogP contribution in [0, 0.1) is 0 Å². The fourth-order valence-corrected chi connectivity index (χ4v) is 2.74. The highest BCUT2D eigenvalue weighted by Gasteiger charge is 2.19. The fraction of sp³-hybridized carbons (Fsp3) is 0.800. The van der Waals surface area contributed by atoms with Crippen molar-refractivity contribution in [2.24, 2.45) is 0 Å². The zero-order valence-electron chi connectivity index (χ0n) is 12.3. The van der Waals surface area contributed by atoms with Crippen LogP contribution in [-0.2, 0) is 17.7 Å². The highest BCUT2D eigenvalue weighted by Crippen LogP contribution is 2.13. The minimum Gasteiger partial charge on any atom is -0.377 e. The second-order valence-corrected chi connectivity index (χ2v) is 5.33. The smallest absolute Gasteiger partial charge is 0.108 e. The first-order valence-electron chi connectivity index (χ1n) is 7.67. The Bertz CT molecular complexity index is 364. The molecule has 1 fully saturated rings. The minimum atomic E-state index is 0.446. The Labute approximate surface area is 116 Å². The summed E-state index contributed by atoms with van der Waals surface area (Å²) in [6.07, 6.45) is 9.05. The molecule has 0 amide bonds. The zero-order chi connectivity index (χ0) is 13.5. The van der Waals surface area contributed by atoms with Crippen LogP contribution in [0.2, 0.25) is 0 Å². The third-order valence-corrected chi connectivity index (χ3v) is 3.80. The van der Waals surface area contributed by atoms with E-state index in [4.69, 9.17) is 4.74 Å². The summed E-state index contributed by atoms with van der Waals surface area (Å²) in [6, 6.07) is 0. The van der Waals surface area contributed by atoms with Crippen LogP contribution >= 0.6 is 0 Å². The molecular weight excluding hydrogens is 238 g/mol. The molecule has 1 saturated heterocycles. The van der Waals surface area contributed by atoms with Gasteiger partial charge < -0.3 is 9.30 Å². The van der Waals surface area contributed by atoms with Gasteiger partial charge in [0.2, 0.25) is 0 Å². The third kappa shape index (κ3) is 4.32. The molecular formula is C15H27N3O. The Hall–Kier alpha value is -0.870. The van der Waals surface area contributed by atoms with Gasteiger partial charge in [-0.2, -0.15) is 0 Å². The zero-order valence-corrected chi connectivity index (χ0v) is 12.3. The maximum absolute atomic E-state index is 5.88. The summed E-state index contributed by atoms with van der Waals surface area (Å²) in [5.41, 5.74) is 0. The first-order valence-corrected chi connectivity index (χ1v) is 7.67. The van der Waals surface area contributed by atoms with Gasteiger partial charge in [-0.05, 0) is 25.8 Å². The molecule has 4 heteroatoms. The lowest BCUT2D eigenvalue weighted by Gasteiger charge is -2.32. The molecule has 0 bridgehead atoms. The van der Waals surface area contributed by atoms with Gasteiger partial charge in [-0.15, -0.1) is 0 Å². The SMILES string of the molecule is CCCO[C@H]1CCCN(CCn2ccnc2CC)C1. The van der Waals surface area contributed by atoms with Crippen molar-refractivity contribution < 1.29 is 4.74 Å². The van der Waals surface area contributed by atoms with E-state index in [0.29, 0.717) is 6.10 Å². The molecule has 0 spiro atoms. The van der Waals surface area contributed by atoms with Crippen molar-refractivity contribution in [3.8, 4) is 0 Å². The summed E-state index contributed by atoms with van der Waals surface area (Å²) >= 11 is 0. The lowest BCUT2D eigenvalue weighted by atomic mass is 10.1. The van der Waals surface area contributed by atoms with Crippen molar-refractivity contribution in [1.29, 1.82) is 0 Å². The van der Waals surface area contributed by atoms with Crippen molar-refractivity contribution in [1.82, 2.24) is 14.5 Å². The molecule has 0 aromatic carbocycles. The monoisotopic (exact) mass is 265 g/mol. The van der Waals surface area contributed by atoms with Crippen molar-refractivity contribution in [3.05, 3.63) is 18.2 Å². The van der Waals surface area contributed by atoms with E-state index in [-0.39, 0.29) is 0 Å². The maximum atomic E-state index is 5.88. The van der Waals surface area contributed by atoms with Gasteiger partial charge >= 0.3 is 0 Å². The van der Waals surface area contributed by atoms with E-state index in [1.807, 2.05) is 6.20 Å². The van der Waals surface area contributed by atoms with Crippen LogP contribution in [0.25, 0.3) is 0 Å². The number of hydrogen-bond acceptors (Lipinski definition) is 3. The standard InChI is InChI=1S/C15H27N3O/c1-3-12-19-14-6-5-8-17(13-14)10-11-18-9-7-16-15(18)4-2/h7,9,14H,3-6,8,10-13H2,1-2H3/t14-/m0/s1. The molecule has 0 saturated carbocycles. The fourth-order valence-electron chi connectivity index (χ4n) is 2.74. The Morgan fingerprint density at radius 1 is 1.37 bits per heavy atom. The van der Waals surface area contributed by atoms with Gasteiger partial charge in [0, 0.05) is 45.1 Å². The number of imidazole rings is 1. The summed E-state index contributed by atoms with van der Waals surface area (Å²) in [6.45, 7) is 9.69. The molecule has 1 atom stereocenters. The van der Waals surface area contributed by atoms with Crippen molar-refractivity contribution in [2.45, 2.75) is 52.2 Å². The normalized spacial score (nSPS) is 20.8. The minimum absolute atomic E-state index is 0.446. The Balaban J connectivity index is 1.76. The van der Waals surface area contributed by atoms with Crippen LogP contribution in [-0.4, -0.2) is 46.8 Å². The molecule has 0 aliphatic carbocycles. The topological polar surface area (TPSA) is 30.3 Å². The molecule has 19 heavy (non-hydrogen) atoms. The molecule has 0 N–H and O–H groups in total. The van der Waals surface area contributed by atoms with E-state index in [1.165, 1.54) is 25.2 Å². The van der Waals surface area contributed by atoms with Crippen LogP contribution in [0.3, 0.4) is 0 Å². The molecule has 0 unspecified atom stereocenters. The number of ether oxygens (including phenoxy) is 1. The summed E-state index contributed by atoms with van der Waals surface area (Å²) in [4.78, 5) is 6.90. The predicted octanol–water partition coefficient (Wildman–Crippen LogP) is 2.34. The van der Waals surface area contributed by atoms with Gasteiger partial charge in [0.15, 0.2) is 0 Å². The quantitative estimate of drug-likeness (QED) is 0.758. The number of likely N-dealkylation sites (tertiary alicyclic amines) is 1. The highest BCUT2D eigenvalue weighted by atomic mass is 16.5. The summed E-state index contributed by atoms with van der Waals surface area (Å²) < 4.78 is 8.16.